The van der Waals surface area contributed by atoms with Gasteiger partial charge in [0.05, 0.1) is 17.2 Å². The van der Waals surface area contributed by atoms with Gasteiger partial charge in [-0.15, -0.1) is 11.3 Å². The molecule has 0 spiro atoms. The largest absolute Gasteiger partial charge is 0.341 e. The van der Waals surface area contributed by atoms with E-state index in [2.05, 4.69) is 33.9 Å². The van der Waals surface area contributed by atoms with Gasteiger partial charge in [0.1, 0.15) is 5.01 Å². The van der Waals surface area contributed by atoms with E-state index in [-0.39, 0.29) is 5.69 Å². The van der Waals surface area contributed by atoms with Crippen molar-refractivity contribution >= 4 is 27.9 Å². The Morgan fingerprint density at radius 3 is 2.67 bits per heavy atom. The van der Waals surface area contributed by atoms with Crippen LogP contribution in [0.2, 0.25) is 0 Å². The summed E-state index contributed by atoms with van der Waals surface area (Å²) in [5, 5.41) is 14.9. The minimum atomic E-state index is -0.395. The van der Waals surface area contributed by atoms with Gasteiger partial charge in [-0.05, 0) is 29.7 Å². The van der Waals surface area contributed by atoms with Crippen LogP contribution in [0.1, 0.15) is 5.01 Å². The molecule has 6 heteroatoms. The highest BCUT2D eigenvalue weighted by Gasteiger charge is 2.09. The van der Waals surface area contributed by atoms with Crippen molar-refractivity contribution in [1.82, 2.24) is 9.55 Å². The van der Waals surface area contributed by atoms with Crippen molar-refractivity contribution in [3.63, 3.8) is 0 Å². The SMILES string of the molecule is O=[N+]([O-])c1ccc(-c2csc(Cn3ccc4ccccc43)n2)cc1. The summed E-state index contributed by atoms with van der Waals surface area (Å²) in [7, 11) is 0. The monoisotopic (exact) mass is 335 g/mol. The fourth-order valence-electron chi connectivity index (χ4n) is 2.69. The maximum atomic E-state index is 10.7. The number of nitro groups is 1. The van der Waals surface area contributed by atoms with E-state index in [1.807, 2.05) is 17.5 Å². The molecule has 0 atom stereocenters. The second-order valence-electron chi connectivity index (χ2n) is 5.43. The van der Waals surface area contributed by atoms with Crippen molar-refractivity contribution in [2.24, 2.45) is 0 Å². The molecule has 2 aromatic carbocycles. The Kier molecular flexibility index (Phi) is 3.59. The summed E-state index contributed by atoms with van der Waals surface area (Å²) >= 11 is 1.60. The molecule has 0 aliphatic heterocycles. The molecular formula is C18H13N3O2S. The normalized spacial score (nSPS) is 11.0. The van der Waals surface area contributed by atoms with Gasteiger partial charge >= 0.3 is 0 Å². The van der Waals surface area contributed by atoms with Crippen molar-refractivity contribution in [3.05, 3.63) is 81.3 Å². The lowest BCUT2D eigenvalue weighted by Crippen LogP contribution is -1.97. The summed E-state index contributed by atoms with van der Waals surface area (Å²) in [6.45, 7) is 0.713. The Morgan fingerprint density at radius 1 is 1.08 bits per heavy atom. The molecule has 2 aromatic heterocycles. The highest BCUT2D eigenvalue weighted by atomic mass is 32.1. The number of rotatable bonds is 4. The molecule has 0 aliphatic rings. The van der Waals surface area contributed by atoms with E-state index in [1.165, 1.54) is 23.0 Å². The highest BCUT2D eigenvalue weighted by Crippen LogP contribution is 2.25. The fraction of sp³-hybridized carbons (Fsp3) is 0.0556. The Bertz CT molecular complexity index is 1020. The number of nitro benzene ring substituents is 1. The Morgan fingerprint density at radius 2 is 1.88 bits per heavy atom. The number of para-hydroxylation sites is 1. The molecule has 0 aliphatic carbocycles. The molecule has 118 valence electrons. The molecule has 2 heterocycles. The molecule has 0 saturated heterocycles. The number of thiazole rings is 1. The van der Waals surface area contributed by atoms with Crippen LogP contribution in [-0.4, -0.2) is 14.5 Å². The second kappa shape index (κ2) is 5.90. The van der Waals surface area contributed by atoms with Crippen molar-refractivity contribution < 1.29 is 4.92 Å². The number of hydrogen-bond donors (Lipinski definition) is 0. The topological polar surface area (TPSA) is 61.0 Å². The van der Waals surface area contributed by atoms with Gasteiger partial charge in [-0.1, -0.05) is 18.2 Å². The Balaban J connectivity index is 1.59. The molecule has 0 unspecified atom stereocenters. The molecule has 0 bridgehead atoms. The van der Waals surface area contributed by atoms with Gasteiger partial charge in [-0.2, -0.15) is 0 Å². The lowest BCUT2D eigenvalue weighted by atomic mass is 10.1. The zero-order valence-electron chi connectivity index (χ0n) is 12.6. The molecule has 0 fully saturated rings. The van der Waals surface area contributed by atoms with Crippen molar-refractivity contribution in [2.45, 2.75) is 6.54 Å². The van der Waals surface area contributed by atoms with Crippen LogP contribution in [0.5, 0.6) is 0 Å². The minimum absolute atomic E-state index is 0.0908. The van der Waals surface area contributed by atoms with E-state index >= 15 is 0 Å². The maximum Gasteiger partial charge on any atom is 0.269 e. The number of non-ortho nitro benzene ring substituents is 1. The third-order valence-electron chi connectivity index (χ3n) is 3.91. The summed E-state index contributed by atoms with van der Waals surface area (Å²) in [6.07, 6.45) is 2.07. The molecule has 0 saturated carbocycles. The quantitative estimate of drug-likeness (QED) is 0.400. The molecular weight excluding hydrogens is 322 g/mol. The molecule has 0 radical (unpaired) electrons. The lowest BCUT2D eigenvalue weighted by Gasteiger charge is -2.02. The number of aromatic nitrogens is 2. The number of nitrogens with zero attached hydrogens (tertiary/aromatic N) is 3. The van der Waals surface area contributed by atoms with Gasteiger partial charge in [0.2, 0.25) is 0 Å². The first-order valence-corrected chi connectivity index (χ1v) is 8.32. The van der Waals surface area contributed by atoms with Crippen LogP contribution in [0.25, 0.3) is 22.2 Å². The van der Waals surface area contributed by atoms with Crippen LogP contribution in [-0.2, 0) is 6.54 Å². The van der Waals surface area contributed by atoms with E-state index < -0.39 is 4.92 Å². The molecule has 0 N–H and O–H groups in total. The van der Waals surface area contributed by atoms with Crippen molar-refractivity contribution in [3.8, 4) is 11.3 Å². The van der Waals surface area contributed by atoms with E-state index in [0.717, 1.165) is 16.3 Å². The van der Waals surface area contributed by atoms with E-state index in [0.29, 0.717) is 6.54 Å². The van der Waals surface area contributed by atoms with E-state index in [9.17, 15) is 10.1 Å². The Labute approximate surface area is 142 Å². The molecule has 0 amide bonds. The summed E-state index contributed by atoms with van der Waals surface area (Å²) < 4.78 is 2.17. The predicted molar refractivity (Wildman–Crippen MR) is 95.2 cm³/mol. The lowest BCUT2D eigenvalue weighted by molar-refractivity contribution is -0.384. The van der Waals surface area contributed by atoms with E-state index in [4.69, 9.17) is 0 Å². The van der Waals surface area contributed by atoms with Crippen LogP contribution < -0.4 is 0 Å². The summed E-state index contributed by atoms with van der Waals surface area (Å²) in [4.78, 5) is 15.0. The molecule has 4 rings (SSSR count). The third-order valence-corrected chi connectivity index (χ3v) is 4.75. The third kappa shape index (κ3) is 2.68. The summed E-state index contributed by atoms with van der Waals surface area (Å²) in [6, 6.07) is 16.8. The van der Waals surface area contributed by atoms with Gasteiger partial charge in [-0.3, -0.25) is 10.1 Å². The zero-order chi connectivity index (χ0) is 16.5. The van der Waals surface area contributed by atoms with Crippen molar-refractivity contribution in [1.29, 1.82) is 0 Å². The van der Waals surface area contributed by atoms with Crippen LogP contribution >= 0.6 is 11.3 Å². The average molecular weight is 335 g/mol. The highest BCUT2D eigenvalue weighted by molar-refractivity contribution is 7.09. The smallest absolute Gasteiger partial charge is 0.269 e. The van der Waals surface area contributed by atoms with Crippen LogP contribution in [0.4, 0.5) is 5.69 Å². The van der Waals surface area contributed by atoms with Gasteiger partial charge in [0.25, 0.3) is 5.69 Å². The molecule has 5 nitrogen and oxygen atoms in total. The van der Waals surface area contributed by atoms with Gasteiger partial charge < -0.3 is 4.57 Å². The van der Waals surface area contributed by atoms with E-state index in [1.54, 1.807) is 23.5 Å². The summed E-state index contributed by atoms with van der Waals surface area (Å²) in [5.74, 6) is 0. The average Bonchev–Trinajstić information content (AvgIpc) is 3.23. The standard InChI is InChI=1S/C18H13N3O2S/c22-21(23)15-7-5-13(6-8-15)16-12-24-18(19-16)11-20-10-9-14-3-1-2-4-17(14)20/h1-10,12H,11H2. The summed E-state index contributed by atoms with van der Waals surface area (Å²) in [5.41, 5.74) is 3.01. The number of hydrogen-bond acceptors (Lipinski definition) is 4. The predicted octanol–water partition coefficient (Wildman–Crippen LogP) is 4.72. The first-order valence-electron chi connectivity index (χ1n) is 7.44. The maximum absolute atomic E-state index is 10.7. The number of fused-ring (bicyclic) bond motifs is 1. The minimum Gasteiger partial charge on any atom is -0.341 e. The van der Waals surface area contributed by atoms with Gasteiger partial charge in [0, 0.05) is 34.8 Å². The first-order chi connectivity index (χ1) is 11.7. The van der Waals surface area contributed by atoms with Gasteiger partial charge in [0.15, 0.2) is 0 Å². The van der Waals surface area contributed by atoms with Gasteiger partial charge in [-0.25, -0.2) is 4.98 Å². The van der Waals surface area contributed by atoms with Crippen molar-refractivity contribution in [2.75, 3.05) is 0 Å². The zero-order valence-corrected chi connectivity index (χ0v) is 13.4. The molecule has 4 aromatic rings. The molecule has 24 heavy (non-hydrogen) atoms. The van der Waals surface area contributed by atoms with Crippen LogP contribution in [0.15, 0.2) is 66.2 Å². The fourth-order valence-corrected chi connectivity index (χ4v) is 3.50. The first kappa shape index (κ1) is 14.6. The van der Waals surface area contributed by atoms with Crippen LogP contribution in [0.3, 0.4) is 0 Å². The number of benzene rings is 2. The second-order valence-corrected chi connectivity index (χ2v) is 6.38. The van der Waals surface area contributed by atoms with Crippen LogP contribution in [0, 0.1) is 10.1 Å². The Hall–Kier alpha value is -2.99.